The van der Waals surface area contributed by atoms with Crippen molar-refractivity contribution in [3.8, 4) is 45.1 Å². The van der Waals surface area contributed by atoms with Crippen molar-refractivity contribution >= 4 is 11.8 Å². The number of carbonyl (C=O) groups excluding carboxylic acids is 2. The van der Waals surface area contributed by atoms with E-state index in [-0.39, 0.29) is 30.2 Å². The number of rotatable bonds is 11. The van der Waals surface area contributed by atoms with Crippen molar-refractivity contribution in [1.82, 2.24) is 20.9 Å². The Labute approximate surface area is 256 Å². The highest BCUT2D eigenvalue weighted by Crippen LogP contribution is 2.41. The summed E-state index contributed by atoms with van der Waals surface area (Å²) in [6, 6.07) is 15.2. The first-order valence-corrected chi connectivity index (χ1v) is 15.4. The third-order valence-electron chi connectivity index (χ3n) is 8.73. The van der Waals surface area contributed by atoms with Gasteiger partial charge in [-0.3, -0.25) is 9.59 Å². The Hall–Kier alpha value is -4.60. The molecule has 2 aromatic carbocycles. The average Bonchev–Trinajstić information content (AvgIpc) is 3.89. The molecule has 44 heavy (non-hydrogen) atoms. The molecular formula is C34H38N4O6. The Morgan fingerprint density at radius 2 is 1.30 bits per heavy atom. The summed E-state index contributed by atoms with van der Waals surface area (Å²) in [4.78, 5) is 25.0. The first kappa shape index (κ1) is 29.5. The van der Waals surface area contributed by atoms with Gasteiger partial charge in [0.15, 0.2) is 11.5 Å². The van der Waals surface area contributed by atoms with Gasteiger partial charge in [0.25, 0.3) is 0 Å². The fourth-order valence-electron chi connectivity index (χ4n) is 6.24. The number of nitrogens with one attached hydrogen (secondary N) is 2. The highest BCUT2D eigenvalue weighted by molar-refractivity contribution is 5.88. The van der Waals surface area contributed by atoms with Gasteiger partial charge in [-0.25, -0.2) is 0 Å². The Bertz CT molecular complexity index is 1610. The molecular weight excluding hydrogens is 560 g/mol. The number of hydrogen-bond donors (Lipinski definition) is 2. The summed E-state index contributed by atoms with van der Waals surface area (Å²) in [5, 5.41) is 14.6. The molecule has 2 N–H and O–H groups in total. The van der Waals surface area contributed by atoms with Gasteiger partial charge in [-0.15, -0.1) is 0 Å². The highest BCUT2D eigenvalue weighted by Gasteiger charge is 2.24. The topological polar surface area (TPSA) is 129 Å². The van der Waals surface area contributed by atoms with Crippen LogP contribution < -0.4 is 20.1 Å². The molecule has 0 radical (unpaired) electrons. The largest absolute Gasteiger partial charge is 0.497 e. The van der Waals surface area contributed by atoms with Crippen LogP contribution in [-0.2, 0) is 22.7 Å². The van der Waals surface area contributed by atoms with E-state index in [2.05, 4.69) is 20.9 Å². The summed E-state index contributed by atoms with van der Waals surface area (Å²) in [5.41, 5.74) is 4.53. The van der Waals surface area contributed by atoms with Gasteiger partial charge in [0.05, 0.1) is 27.3 Å². The van der Waals surface area contributed by atoms with Crippen molar-refractivity contribution in [2.45, 2.75) is 64.5 Å². The van der Waals surface area contributed by atoms with E-state index in [4.69, 9.17) is 18.5 Å². The molecule has 2 aliphatic carbocycles. The molecule has 2 amide bonds. The van der Waals surface area contributed by atoms with E-state index in [1.54, 1.807) is 14.2 Å². The molecule has 0 saturated heterocycles. The predicted molar refractivity (Wildman–Crippen MR) is 164 cm³/mol. The summed E-state index contributed by atoms with van der Waals surface area (Å²) < 4.78 is 22.5. The Kier molecular flexibility index (Phi) is 8.95. The Morgan fingerprint density at radius 3 is 1.89 bits per heavy atom. The maximum Gasteiger partial charge on any atom is 0.223 e. The number of aromatic nitrogens is 2. The molecule has 0 atom stereocenters. The van der Waals surface area contributed by atoms with Crippen LogP contribution in [0.1, 0.15) is 62.9 Å². The number of methoxy groups -OCH3 is 2. The molecule has 2 heterocycles. The first-order chi connectivity index (χ1) is 21.5. The van der Waals surface area contributed by atoms with Crippen molar-refractivity contribution in [2.24, 2.45) is 11.8 Å². The maximum absolute atomic E-state index is 12.5. The van der Waals surface area contributed by atoms with Crippen LogP contribution in [0, 0.1) is 11.8 Å². The second-order valence-electron chi connectivity index (χ2n) is 11.6. The summed E-state index contributed by atoms with van der Waals surface area (Å²) in [6.07, 6.45) is 8.19. The minimum atomic E-state index is 0.0688. The molecule has 10 heteroatoms. The standard InChI is InChI=1S/C34H38N4O6/c1-41-24-12-13-27(31-18-26(44-38-31)20-36-34(40)22-9-5-6-10-22)28(16-24)29-15-23(11-14-32(29)42-2)30-17-25(43-37-30)19-35-33(39)21-7-3-4-8-21/h11-18,21-22H,3-10,19-20H2,1-2H3,(H,35,39)(H,36,40). The molecule has 6 rings (SSSR count). The molecule has 2 saturated carbocycles. The van der Waals surface area contributed by atoms with Crippen LogP contribution in [0.4, 0.5) is 0 Å². The zero-order valence-electron chi connectivity index (χ0n) is 25.2. The number of benzene rings is 2. The van der Waals surface area contributed by atoms with Gasteiger partial charge in [0.2, 0.25) is 11.8 Å². The van der Waals surface area contributed by atoms with Gasteiger partial charge >= 0.3 is 0 Å². The zero-order chi connectivity index (χ0) is 30.5. The predicted octanol–water partition coefficient (Wildman–Crippen LogP) is 6.29. The molecule has 10 nitrogen and oxygen atoms in total. The molecule has 0 spiro atoms. The molecule has 4 aromatic rings. The van der Waals surface area contributed by atoms with E-state index in [9.17, 15) is 9.59 Å². The molecule has 2 fully saturated rings. The van der Waals surface area contributed by atoms with Crippen LogP contribution >= 0.6 is 0 Å². The number of amides is 2. The van der Waals surface area contributed by atoms with Crippen molar-refractivity contribution in [3.05, 3.63) is 60.1 Å². The van der Waals surface area contributed by atoms with Crippen LogP contribution in [0.3, 0.4) is 0 Å². The van der Waals surface area contributed by atoms with Crippen molar-refractivity contribution in [2.75, 3.05) is 14.2 Å². The number of ether oxygens (including phenoxy) is 2. The van der Waals surface area contributed by atoms with Gasteiger partial charge in [-0.05, 0) is 67.6 Å². The normalized spacial score (nSPS) is 15.4. The second kappa shape index (κ2) is 13.4. The minimum Gasteiger partial charge on any atom is -0.497 e. The van der Waals surface area contributed by atoms with E-state index < -0.39 is 0 Å². The Balaban J connectivity index is 1.25. The number of carbonyl (C=O) groups is 2. The van der Waals surface area contributed by atoms with E-state index in [0.717, 1.165) is 73.6 Å². The lowest BCUT2D eigenvalue weighted by atomic mass is 9.94. The molecule has 230 valence electrons. The molecule has 0 bridgehead atoms. The van der Waals surface area contributed by atoms with Crippen molar-refractivity contribution in [1.29, 1.82) is 0 Å². The highest BCUT2D eigenvalue weighted by atomic mass is 16.5. The molecule has 2 aliphatic rings. The van der Waals surface area contributed by atoms with Gasteiger partial charge in [0, 0.05) is 40.7 Å². The van der Waals surface area contributed by atoms with Gasteiger partial charge in [0.1, 0.15) is 22.9 Å². The van der Waals surface area contributed by atoms with E-state index in [1.165, 1.54) is 0 Å². The Morgan fingerprint density at radius 1 is 0.705 bits per heavy atom. The lowest BCUT2D eigenvalue weighted by Gasteiger charge is -2.14. The average molecular weight is 599 g/mol. The van der Waals surface area contributed by atoms with Crippen LogP contribution in [0.2, 0.25) is 0 Å². The van der Waals surface area contributed by atoms with Gasteiger partial charge < -0.3 is 29.2 Å². The monoisotopic (exact) mass is 598 g/mol. The minimum absolute atomic E-state index is 0.0688. The molecule has 0 unspecified atom stereocenters. The molecule has 2 aromatic heterocycles. The fourth-order valence-corrected chi connectivity index (χ4v) is 6.24. The quantitative estimate of drug-likeness (QED) is 0.206. The summed E-state index contributed by atoms with van der Waals surface area (Å²) >= 11 is 0. The second-order valence-corrected chi connectivity index (χ2v) is 11.6. The maximum atomic E-state index is 12.5. The zero-order valence-corrected chi connectivity index (χ0v) is 25.2. The number of nitrogens with zero attached hydrogens (tertiary/aromatic N) is 2. The first-order valence-electron chi connectivity index (χ1n) is 15.4. The van der Waals surface area contributed by atoms with E-state index >= 15 is 0 Å². The van der Waals surface area contributed by atoms with Crippen molar-refractivity contribution in [3.63, 3.8) is 0 Å². The fraction of sp³-hybridized carbons (Fsp3) is 0.412. The lowest BCUT2D eigenvalue weighted by Crippen LogP contribution is -2.28. The smallest absolute Gasteiger partial charge is 0.223 e. The lowest BCUT2D eigenvalue weighted by molar-refractivity contribution is -0.125. The summed E-state index contributed by atoms with van der Waals surface area (Å²) in [7, 11) is 3.25. The van der Waals surface area contributed by atoms with Crippen LogP contribution in [-0.4, -0.2) is 36.3 Å². The van der Waals surface area contributed by atoms with Gasteiger partial charge in [-0.2, -0.15) is 0 Å². The van der Waals surface area contributed by atoms with Crippen LogP contribution in [0.5, 0.6) is 11.5 Å². The SMILES string of the molecule is COc1ccc(-c2cc(CNC(=O)C3CCCC3)on2)c(-c2cc(-c3cc(CNC(=O)C4CCCC4)on3)ccc2OC)c1. The summed E-state index contributed by atoms with van der Waals surface area (Å²) in [5.74, 6) is 2.81. The van der Waals surface area contributed by atoms with Crippen molar-refractivity contribution < 1.29 is 28.1 Å². The van der Waals surface area contributed by atoms with E-state index in [0.29, 0.717) is 41.0 Å². The third kappa shape index (κ3) is 6.49. The van der Waals surface area contributed by atoms with Crippen LogP contribution in [0.25, 0.3) is 33.6 Å². The van der Waals surface area contributed by atoms with E-state index in [1.807, 2.05) is 48.5 Å². The molecule has 0 aliphatic heterocycles. The van der Waals surface area contributed by atoms with Crippen LogP contribution in [0.15, 0.2) is 57.6 Å². The summed E-state index contributed by atoms with van der Waals surface area (Å²) in [6.45, 7) is 0.573. The third-order valence-corrected chi connectivity index (χ3v) is 8.73. The number of hydrogen-bond acceptors (Lipinski definition) is 8. The van der Waals surface area contributed by atoms with Gasteiger partial charge in [-0.1, -0.05) is 36.0 Å².